The zero-order valence-corrected chi connectivity index (χ0v) is 10.1. The second kappa shape index (κ2) is 5.69. The summed E-state index contributed by atoms with van der Waals surface area (Å²) in [6, 6.07) is 5.82. The maximum atomic E-state index is 12.1. The third-order valence-electron chi connectivity index (χ3n) is 3.23. The van der Waals surface area contributed by atoms with Crippen LogP contribution < -0.4 is 5.32 Å². The summed E-state index contributed by atoms with van der Waals surface area (Å²) in [6.07, 6.45) is 3.18. The van der Waals surface area contributed by atoms with Crippen LogP contribution in [0.3, 0.4) is 0 Å². The van der Waals surface area contributed by atoms with Gasteiger partial charge in [-0.3, -0.25) is 4.79 Å². The molecule has 18 heavy (non-hydrogen) atoms. The summed E-state index contributed by atoms with van der Waals surface area (Å²) in [7, 11) is 0. The van der Waals surface area contributed by atoms with Crippen molar-refractivity contribution in [2.45, 2.75) is 19.3 Å². The molecule has 0 aromatic carbocycles. The number of carbonyl (C=O) groups is 1. The van der Waals surface area contributed by atoms with Crippen molar-refractivity contribution in [2.75, 3.05) is 19.8 Å². The Bertz CT molecular complexity index is 428. The molecule has 0 saturated carbocycles. The van der Waals surface area contributed by atoms with Crippen molar-refractivity contribution < 1.29 is 13.9 Å². The molecule has 1 aliphatic heterocycles. The van der Waals surface area contributed by atoms with Gasteiger partial charge >= 0.3 is 0 Å². The summed E-state index contributed by atoms with van der Waals surface area (Å²) < 4.78 is 10.4. The van der Waals surface area contributed by atoms with Crippen molar-refractivity contribution in [3.8, 4) is 6.07 Å². The Morgan fingerprint density at radius 1 is 1.50 bits per heavy atom. The lowest BCUT2D eigenvalue weighted by molar-refractivity contribution is -0.132. The van der Waals surface area contributed by atoms with Crippen LogP contribution in [-0.4, -0.2) is 25.7 Å². The molecule has 0 aliphatic carbocycles. The lowest BCUT2D eigenvalue weighted by atomic mass is 9.81. The molecule has 0 unspecified atom stereocenters. The van der Waals surface area contributed by atoms with Gasteiger partial charge in [-0.05, 0) is 25.0 Å². The fourth-order valence-electron chi connectivity index (χ4n) is 2.03. The number of rotatable bonds is 4. The quantitative estimate of drug-likeness (QED) is 0.870. The van der Waals surface area contributed by atoms with E-state index < -0.39 is 5.41 Å². The number of ether oxygens (including phenoxy) is 1. The second-order valence-electron chi connectivity index (χ2n) is 4.39. The minimum atomic E-state index is -0.915. The maximum absolute atomic E-state index is 12.1. The molecular formula is C13H16N2O3. The first-order valence-electron chi connectivity index (χ1n) is 6.06. The first kappa shape index (κ1) is 12.7. The van der Waals surface area contributed by atoms with Crippen molar-refractivity contribution in [2.24, 2.45) is 5.41 Å². The van der Waals surface area contributed by atoms with Gasteiger partial charge in [0, 0.05) is 26.2 Å². The lowest BCUT2D eigenvalue weighted by Crippen LogP contribution is -2.44. The molecule has 2 heterocycles. The zero-order valence-electron chi connectivity index (χ0n) is 10.1. The van der Waals surface area contributed by atoms with Gasteiger partial charge in [0.1, 0.15) is 11.2 Å². The monoisotopic (exact) mass is 248 g/mol. The van der Waals surface area contributed by atoms with Crippen LogP contribution in [0.1, 0.15) is 18.6 Å². The molecule has 0 spiro atoms. The van der Waals surface area contributed by atoms with E-state index in [0.29, 0.717) is 39.0 Å². The van der Waals surface area contributed by atoms with Crippen LogP contribution in [0.5, 0.6) is 0 Å². The Balaban J connectivity index is 1.84. The number of furan rings is 1. The van der Waals surface area contributed by atoms with Crippen molar-refractivity contribution in [3.63, 3.8) is 0 Å². The van der Waals surface area contributed by atoms with Crippen LogP contribution in [0.25, 0.3) is 0 Å². The molecule has 0 atom stereocenters. The number of hydrogen-bond acceptors (Lipinski definition) is 4. The van der Waals surface area contributed by atoms with E-state index in [2.05, 4.69) is 11.4 Å². The molecule has 0 bridgehead atoms. The van der Waals surface area contributed by atoms with Gasteiger partial charge in [0.25, 0.3) is 0 Å². The third-order valence-corrected chi connectivity index (χ3v) is 3.23. The first-order valence-corrected chi connectivity index (χ1v) is 6.06. The van der Waals surface area contributed by atoms with Gasteiger partial charge in [0.15, 0.2) is 0 Å². The van der Waals surface area contributed by atoms with E-state index in [-0.39, 0.29) is 5.91 Å². The van der Waals surface area contributed by atoms with E-state index in [9.17, 15) is 10.1 Å². The average Bonchev–Trinajstić information content (AvgIpc) is 2.92. The van der Waals surface area contributed by atoms with Gasteiger partial charge in [-0.2, -0.15) is 5.26 Å². The molecule has 1 N–H and O–H groups in total. The molecule has 96 valence electrons. The fourth-order valence-corrected chi connectivity index (χ4v) is 2.03. The number of carbonyl (C=O) groups excluding carboxylic acids is 1. The first-order chi connectivity index (χ1) is 8.77. The largest absolute Gasteiger partial charge is 0.469 e. The highest BCUT2D eigenvalue weighted by molar-refractivity contribution is 5.85. The summed E-state index contributed by atoms with van der Waals surface area (Å²) in [4.78, 5) is 12.1. The number of hydrogen-bond donors (Lipinski definition) is 1. The van der Waals surface area contributed by atoms with Gasteiger partial charge in [-0.25, -0.2) is 0 Å². The minimum Gasteiger partial charge on any atom is -0.469 e. The molecule has 5 heteroatoms. The molecule has 2 rings (SSSR count). The van der Waals surface area contributed by atoms with Gasteiger partial charge in [0.05, 0.1) is 12.3 Å². The summed E-state index contributed by atoms with van der Waals surface area (Å²) in [6.45, 7) is 1.43. The molecule has 1 amide bonds. The van der Waals surface area contributed by atoms with Crippen molar-refractivity contribution in [3.05, 3.63) is 24.2 Å². The molecular weight excluding hydrogens is 232 g/mol. The lowest BCUT2D eigenvalue weighted by Gasteiger charge is -2.29. The standard InChI is InChI=1S/C13H16N2O3/c14-10-13(4-8-17-9-5-13)12(16)15-6-3-11-2-1-7-18-11/h1-2,7H,3-6,8-9H2,(H,15,16). The van der Waals surface area contributed by atoms with E-state index in [1.165, 1.54) is 0 Å². The van der Waals surface area contributed by atoms with Crippen LogP contribution in [0.2, 0.25) is 0 Å². The van der Waals surface area contributed by atoms with E-state index in [1.54, 1.807) is 6.26 Å². The predicted molar refractivity (Wildman–Crippen MR) is 63.5 cm³/mol. The van der Waals surface area contributed by atoms with Crippen LogP contribution in [-0.2, 0) is 16.0 Å². The predicted octanol–water partition coefficient (Wildman–Crippen LogP) is 1.26. The van der Waals surface area contributed by atoms with E-state index in [1.807, 2.05) is 12.1 Å². The highest BCUT2D eigenvalue weighted by atomic mass is 16.5. The number of nitrogens with one attached hydrogen (secondary N) is 1. The third kappa shape index (κ3) is 2.71. The van der Waals surface area contributed by atoms with Crippen LogP contribution in [0, 0.1) is 16.7 Å². The topological polar surface area (TPSA) is 75.3 Å². The van der Waals surface area contributed by atoms with E-state index >= 15 is 0 Å². The number of nitrogens with zero attached hydrogens (tertiary/aromatic N) is 1. The minimum absolute atomic E-state index is 0.195. The zero-order chi connectivity index (χ0) is 12.8. The van der Waals surface area contributed by atoms with Gasteiger partial charge < -0.3 is 14.5 Å². The van der Waals surface area contributed by atoms with Crippen molar-refractivity contribution in [1.82, 2.24) is 5.32 Å². The van der Waals surface area contributed by atoms with Gasteiger partial charge in [-0.15, -0.1) is 0 Å². The number of nitriles is 1. The molecule has 0 radical (unpaired) electrons. The molecule has 1 saturated heterocycles. The Morgan fingerprint density at radius 3 is 2.89 bits per heavy atom. The highest BCUT2D eigenvalue weighted by Crippen LogP contribution is 2.29. The second-order valence-corrected chi connectivity index (χ2v) is 4.39. The average molecular weight is 248 g/mol. The smallest absolute Gasteiger partial charge is 0.240 e. The fraction of sp³-hybridized carbons (Fsp3) is 0.538. The normalized spacial score (nSPS) is 17.9. The molecule has 1 fully saturated rings. The summed E-state index contributed by atoms with van der Waals surface area (Å²) in [5.41, 5.74) is -0.915. The van der Waals surface area contributed by atoms with Crippen molar-refractivity contribution in [1.29, 1.82) is 5.26 Å². The Kier molecular flexibility index (Phi) is 4.00. The molecule has 1 aromatic rings. The number of amides is 1. The van der Waals surface area contributed by atoms with E-state index in [4.69, 9.17) is 9.15 Å². The van der Waals surface area contributed by atoms with Gasteiger partial charge in [-0.1, -0.05) is 0 Å². The van der Waals surface area contributed by atoms with E-state index in [0.717, 1.165) is 5.76 Å². The van der Waals surface area contributed by atoms with Crippen LogP contribution >= 0.6 is 0 Å². The summed E-state index contributed by atoms with van der Waals surface area (Å²) >= 11 is 0. The van der Waals surface area contributed by atoms with Gasteiger partial charge in [0.2, 0.25) is 5.91 Å². The Labute approximate surface area is 106 Å². The maximum Gasteiger partial charge on any atom is 0.240 e. The molecule has 5 nitrogen and oxygen atoms in total. The highest BCUT2D eigenvalue weighted by Gasteiger charge is 2.40. The van der Waals surface area contributed by atoms with Crippen LogP contribution in [0.15, 0.2) is 22.8 Å². The molecule has 1 aliphatic rings. The summed E-state index contributed by atoms with van der Waals surface area (Å²) in [5, 5.41) is 12.0. The van der Waals surface area contributed by atoms with Crippen LogP contribution in [0.4, 0.5) is 0 Å². The Morgan fingerprint density at radius 2 is 2.28 bits per heavy atom. The SMILES string of the molecule is N#CC1(C(=O)NCCc2ccco2)CCOCC1. The molecule has 1 aromatic heterocycles. The van der Waals surface area contributed by atoms with Crippen molar-refractivity contribution >= 4 is 5.91 Å². The Hall–Kier alpha value is -1.80. The summed E-state index contributed by atoms with van der Waals surface area (Å²) in [5.74, 6) is 0.633.